The summed E-state index contributed by atoms with van der Waals surface area (Å²) in [6.07, 6.45) is 9.77. The average Bonchev–Trinajstić information content (AvgIpc) is 4.23. The smallest absolute Gasteiger partial charge is 0.268 e. The van der Waals surface area contributed by atoms with Gasteiger partial charge in [-0.15, -0.1) is 0 Å². The van der Waals surface area contributed by atoms with Gasteiger partial charge in [0.2, 0.25) is 0 Å². The molecule has 0 atom stereocenters. The number of aromatic nitrogens is 6. The van der Waals surface area contributed by atoms with Gasteiger partial charge in [0.25, 0.3) is 6.33 Å². The van der Waals surface area contributed by atoms with Crippen LogP contribution in [0.5, 0.6) is 11.5 Å². The Morgan fingerprint density at radius 1 is 0.500 bits per heavy atom. The Morgan fingerprint density at radius 3 is 1.78 bits per heavy atom. The van der Waals surface area contributed by atoms with Crippen molar-refractivity contribution in [3.63, 3.8) is 0 Å². The molecule has 14 rings (SSSR count). The number of hydrogen-bond donors (Lipinski definition) is 0. The molecule has 0 spiro atoms. The third-order valence-electron chi connectivity index (χ3n) is 14.8. The van der Waals surface area contributed by atoms with Crippen LogP contribution in [-0.2, 0) is 12.5 Å². The summed E-state index contributed by atoms with van der Waals surface area (Å²) in [5.74, 6) is 2.28. The molecule has 0 aliphatic heterocycles. The second kappa shape index (κ2) is 16.8. The number of aryl methyl sites for hydroxylation is 1. The minimum Gasteiger partial charge on any atom is -0.458 e. The van der Waals surface area contributed by atoms with Gasteiger partial charge in [0, 0.05) is 75.2 Å². The molecule has 0 N–H and O–H groups in total. The molecule has 0 bridgehead atoms. The van der Waals surface area contributed by atoms with Gasteiger partial charge in [-0.3, -0.25) is 13.7 Å². The Morgan fingerprint density at radius 2 is 1.08 bits per heavy atom. The molecule has 9 aromatic carbocycles. The number of rotatable bonds is 8. The fraction of sp³-hybridized carbons (Fsp3) is 0.0746. The van der Waals surface area contributed by atoms with E-state index in [0.29, 0.717) is 5.75 Å². The van der Waals surface area contributed by atoms with Crippen molar-refractivity contribution in [2.24, 2.45) is 7.05 Å². The van der Waals surface area contributed by atoms with Gasteiger partial charge in [0.1, 0.15) is 17.3 Å². The number of para-hydroxylation sites is 4. The molecule has 0 unspecified atom stereocenters. The zero-order chi connectivity index (χ0) is 49.7. The normalized spacial score (nSPS) is 12.1. The summed E-state index contributed by atoms with van der Waals surface area (Å²) in [6, 6.07) is 75.3. The molecule has 7 heteroatoms. The summed E-state index contributed by atoms with van der Waals surface area (Å²) in [7, 11) is 2.21. The number of nitrogens with zero attached hydrogens (tertiary/aromatic N) is 6. The quantitative estimate of drug-likeness (QED) is 0.113. The number of pyridine rings is 1. The highest BCUT2D eigenvalue weighted by atomic mass is 16.5. The standard InChI is InChI=1S/C67H50N6O/c1-67(2,3)46-36-37-68-59(40-46)73-58-42-50(74-49-27-18-26-48(41-49)70-38-39-71(43-70)63-51(44-20-8-5-9-21-44)30-19-31-52(63)45-22-10-6-11-23-45)34-35-55(58)62-65-61(64-60(66(62)73)53-28-14-16-32-56(53)69(64)4)54-29-15-17-33-57(54)72(65)47-24-12-7-13-25-47/h5-42H,1-4H3. The van der Waals surface area contributed by atoms with Gasteiger partial charge in [-0.2, -0.15) is 0 Å². The molecular weight excluding hydrogens is 905 g/mol. The molecule has 0 aliphatic rings. The first-order valence-electron chi connectivity index (χ1n) is 25.3. The van der Waals surface area contributed by atoms with Crippen molar-refractivity contribution in [3.8, 4) is 56.6 Å². The SMILES string of the molecule is Cn1c2ccccc2c2c1c1c3ccccc3n(-c3ccccc3)c1c1c3ccc(Oc4cccc(-[n+]5[c-]n(-c6c(-c7ccccc7)cccc6-c6ccccc6)cc5)c4)cc3n(-c3cc(C(C)(C)C)ccn3)c21. The molecule has 0 saturated heterocycles. The minimum absolute atomic E-state index is 0.108. The third kappa shape index (κ3) is 6.81. The maximum absolute atomic E-state index is 6.97. The Labute approximate surface area is 428 Å². The first-order chi connectivity index (χ1) is 36.3. The molecule has 74 heavy (non-hydrogen) atoms. The first-order valence-corrected chi connectivity index (χ1v) is 25.3. The first kappa shape index (κ1) is 43.3. The van der Waals surface area contributed by atoms with Crippen molar-refractivity contribution < 1.29 is 9.30 Å². The molecule has 0 amide bonds. The van der Waals surface area contributed by atoms with Crippen LogP contribution in [0.15, 0.2) is 231 Å². The van der Waals surface area contributed by atoms with E-state index in [0.717, 1.165) is 83.7 Å². The van der Waals surface area contributed by atoms with Gasteiger partial charge in [0.15, 0.2) is 0 Å². The van der Waals surface area contributed by atoms with E-state index < -0.39 is 0 Å². The number of benzene rings is 9. The summed E-state index contributed by atoms with van der Waals surface area (Å²) in [5, 5.41) is 7.10. The highest BCUT2D eigenvalue weighted by Gasteiger charge is 2.29. The maximum Gasteiger partial charge on any atom is 0.268 e. The third-order valence-corrected chi connectivity index (χ3v) is 14.8. The van der Waals surface area contributed by atoms with Gasteiger partial charge in [-0.05, 0) is 100.0 Å². The zero-order valence-electron chi connectivity index (χ0n) is 41.5. The van der Waals surface area contributed by atoms with Gasteiger partial charge >= 0.3 is 0 Å². The van der Waals surface area contributed by atoms with Crippen molar-refractivity contribution in [1.82, 2.24) is 23.3 Å². The van der Waals surface area contributed by atoms with Gasteiger partial charge in [0.05, 0.1) is 39.0 Å². The molecule has 14 aromatic rings. The largest absolute Gasteiger partial charge is 0.458 e. The van der Waals surface area contributed by atoms with Crippen LogP contribution in [0.25, 0.3) is 111 Å². The van der Waals surface area contributed by atoms with Crippen LogP contribution in [0.1, 0.15) is 26.3 Å². The predicted molar refractivity (Wildman–Crippen MR) is 303 cm³/mol. The molecule has 0 aliphatic carbocycles. The number of imidazole rings is 1. The summed E-state index contributed by atoms with van der Waals surface area (Å²) in [4.78, 5) is 5.22. The topological polar surface area (TPSA) is 45.7 Å². The summed E-state index contributed by atoms with van der Waals surface area (Å²) < 4.78 is 18.4. The van der Waals surface area contributed by atoms with E-state index in [-0.39, 0.29) is 5.41 Å². The summed E-state index contributed by atoms with van der Waals surface area (Å²) >= 11 is 0. The van der Waals surface area contributed by atoms with Crippen LogP contribution in [0.3, 0.4) is 0 Å². The second-order valence-corrected chi connectivity index (χ2v) is 20.3. The monoisotopic (exact) mass is 954 g/mol. The van der Waals surface area contributed by atoms with Gasteiger partial charge < -0.3 is 13.9 Å². The molecule has 5 heterocycles. The zero-order valence-corrected chi connectivity index (χ0v) is 41.5. The molecule has 354 valence electrons. The summed E-state index contributed by atoms with van der Waals surface area (Å²) in [5.41, 5.74) is 15.5. The lowest BCUT2D eigenvalue weighted by Gasteiger charge is -2.20. The fourth-order valence-corrected chi connectivity index (χ4v) is 11.5. The number of fused-ring (bicyclic) bond motifs is 12. The maximum atomic E-state index is 6.97. The second-order valence-electron chi connectivity index (χ2n) is 20.3. The van der Waals surface area contributed by atoms with Crippen LogP contribution >= 0.6 is 0 Å². The van der Waals surface area contributed by atoms with E-state index in [1.165, 1.54) is 38.1 Å². The molecule has 0 fully saturated rings. The molecule has 5 aromatic heterocycles. The van der Waals surface area contributed by atoms with Gasteiger partial charge in [-0.1, -0.05) is 160 Å². The van der Waals surface area contributed by atoms with Crippen molar-refractivity contribution >= 4 is 65.4 Å². The molecular formula is C67H50N6O. The van der Waals surface area contributed by atoms with Crippen molar-refractivity contribution in [2.45, 2.75) is 26.2 Å². The lowest BCUT2D eigenvalue weighted by atomic mass is 9.88. The highest BCUT2D eigenvalue weighted by molar-refractivity contribution is 6.40. The average molecular weight is 955 g/mol. The van der Waals surface area contributed by atoms with Crippen molar-refractivity contribution in [1.29, 1.82) is 0 Å². The Hall–Kier alpha value is -9.46. The predicted octanol–water partition coefficient (Wildman–Crippen LogP) is 16.2. The van der Waals surface area contributed by atoms with E-state index in [9.17, 15) is 0 Å². The lowest BCUT2D eigenvalue weighted by molar-refractivity contribution is -0.599. The Kier molecular flexibility index (Phi) is 9.85. The van der Waals surface area contributed by atoms with Crippen LogP contribution in [0.2, 0.25) is 0 Å². The minimum atomic E-state index is -0.108. The van der Waals surface area contributed by atoms with E-state index in [2.05, 4.69) is 265 Å². The van der Waals surface area contributed by atoms with E-state index in [4.69, 9.17) is 9.72 Å². The number of hydrogen-bond acceptors (Lipinski definition) is 2. The van der Waals surface area contributed by atoms with Crippen LogP contribution in [0, 0.1) is 6.33 Å². The van der Waals surface area contributed by atoms with Crippen molar-refractivity contribution in [3.05, 3.63) is 243 Å². The van der Waals surface area contributed by atoms with Crippen LogP contribution < -0.4 is 9.30 Å². The lowest BCUT2D eigenvalue weighted by Crippen LogP contribution is -2.28. The molecule has 0 saturated carbocycles. The van der Waals surface area contributed by atoms with Crippen LogP contribution in [-0.4, -0.2) is 23.3 Å². The highest BCUT2D eigenvalue weighted by Crippen LogP contribution is 2.50. The molecule has 7 nitrogen and oxygen atoms in total. The Balaban J connectivity index is 0.978. The van der Waals surface area contributed by atoms with E-state index >= 15 is 0 Å². The van der Waals surface area contributed by atoms with Crippen LogP contribution in [0.4, 0.5) is 0 Å². The van der Waals surface area contributed by atoms with E-state index in [1.807, 2.05) is 22.9 Å². The Bertz CT molecular complexity index is 4440. The van der Waals surface area contributed by atoms with E-state index in [1.54, 1.807) is 0 Å². The summed E-state index contributed by atoms with van der Waals surface area (Å²) in [6.45, 7) is 6.79. The van der Waals surface area contributed by atoms with Gasteiger partial charge in [-0.25, -0.2) is 4.98 Å². The molecule has 0 radical (unpaired) electrons. The van der Waals surface area contributed by atoms with Crippen molar-refractivity contribution in [2.75, 3.05) is 0 Å². The number of ether oxygens (including phenoxy) is 1. The fourth-order valence-electron chi connectivity index (χ4n) is 11.5.